The molecule has 1 aromatic rings. The van der Waals surface area contributed by atoms with Gasteiger partial charge in [-0.1, -0.05) is 0 Å². The molecule has 0 fully saturated rings. The number of nitrogens with two attached hydrogens (primary N) is 1. The summed E-state index contributed by atoms with van der Waals surface area (Å²) >= 11 is 0. The Labute approximate surface area is 101 Å². The molecule has 0 saturated heterocycles. The van der Waals surface area contributed by atoms with Crippen LogP contribution in [0.15, 0.2) is 0 Å². The molecular formula is C12H20N4O. The summed E-state index contributed by atoms with van der Waals surface area (Å²) in [5.41, 5.74) is 7.37. The van der Waals surface area contributed by atoms with Gasteiger partial charge in [-0.2, -0.15) is 0 Å². The number of imidazole rings is 1. The van der Waals surface area contributed by atoms with Crippen molar-refractivity contribution in [2.24, 2.45) is 5.73 Å². The van der Waals surface area contributed by atoms with Gasteiger partial charge < -0.3 is 15.6 Å². The number of aromatic nitrogens is 2. The van der Waals surface area contributed by atoms with Crippen LogP contribution >= 0.6 is 0 Å². The highest BCUT2D eigenvalue weighted by Gasteiger charge is 2.29. The van der Waals surface area contributed by atoms with Gasteiger partial charge in [0.15, 0.2) is 0 Å². The lowest BCUT2D eigenvalue weighted by atomic mass is 9.98. The van der Waals surface area contributed by atoms with Gasteiger partial charge in [-0.3, -0.25) is 4.79 Å². The zero-order chi connectivity index (χ0) is 12.6. The summed E-state index contributed by atoms with van der Waals surface area (Å²) in [7, 11) is 0. The predicted molar refractivity (Wildman–Crippen MR) is 65.5 cm³/mol. The van der Waals surface area contributed by atoms with Gasteiger partial charge in [-0.05, 0) is 20.8 Å². The number of carbonyl (C=O) groups excluding carboxylic acids is 1. The largest absolute Gasteiger partial charge is 0.370 e. The highest BCUT2D eigenvalue weighted by molar-refractivity contribution is 5.74. The predicted octanol–water partition coefficient (Wildman–Crippen LogP) is 0.448. The van der Waals surface area contributed by atoms with E-state index in [0.29, 0.717) is 6.42 Å². The van der Waals surface area contributed by atoms with E-state index in [9.17, 15) is 4.79 Å². The van der Waals surface area contributed by atoms with Crippen LogP contribution in [0, 0.1) is 6.92 Å². The zero-order valence-corrected chi connectivity index (χ0v) is 10.7. The molecule has 17 heavy (non-hydrogen) atoms. The Balaban J connectivity index is 2.43. The Bertz CT molecular complexity index is 448. The van der Waals surface area contributed by atoms with Crippen molar-refractivity contribution in [3.8, 4) is 0 Å². The Morgan fingerprint density at radius 3 is 2.94 bits per heavy atom. The normalized spacial score (nSPS) is 15.7. The Hall–Kier alpha value is -1.36. The fraction of sp³-hybridized carbons (Fsp3) is 0.667. The van der Waals surface area contributed by atoms with Crippen LogP contribution in [-0.4, -0.2) is 22.0 Å². The summed E-state index contributed by atoms with van der Waals surface area (Å²) in [4.78, 5) is 15.7. The van der Waals surface area contributed by atoms with Gasteiger partial charge in [0.1, 0.15) is 5.82 Å². The van der Waals surface area contributed by atoms with Gasteiger partial charge in [-0.15, -0.1) is 0 Å². The smallest absolute Gasteiger partial charge is 0.219 e. The SMILES string of the molecule is Cc1nc2c(n1C(C)(C)CC(N)=O)CCNC2. The molecule has 1 aliphatic rings. The van der Waals surface area contributed by atoms with Crippen LogP contribution in [0.1, 0.15) is 37.5 Å². The third-order valence-electron chi connectivity index (χ3n) is 3.27. The number of nitrogens with zero attached hydrogens (tertiary/aromatic N) is 2. The molecule has 0 atom stereocenters. The van der Waals surface area contributed by atoms with Crippen molar-refractivity contribution in [3.05, 3.63) is 17.2 Å². The fourth-order valence-electron chi connectivity index (χ4n) is 2.75. The Kier molecular flexibility index (Phi) is 2.95. The average Bonchev–Trinajstić information content (AvgIpc) is 2.51. The molecule has 5 nitrogen and oxygen atoms in total. The van der Waals surface area contributed by atoms with Gasteiger partial charge in [0.05, 0.1) is 5.69 Å². The molecule has 1 aliphatic heterocycles. The summed E-state index contributed by atoms with van der Waals surface area (Å²) in [5, 5.41) is 3.31. The van der Waals surface area contributed by atoms with Gasteiger partial charge in [0, 0.05) is 37.2 Å². The summed E-state index contributed by atoms with van der Waals surface area (Å²) < 4.78 is 2.17. The van der Waals surface area contributed by atoms with Gasteiger partial charge in [0.2, 0.25) is 5.91 Å². The molecular weight excluding hydrogens is 216 g/mol. The van der Waals surface area contributed by atoms with Crippen LogP contribution in [0.5, 0.6) is 0 Å². The fourth-order valence-corrected chi connectivity index (χ4v) is 2.75. The first kappa shape index (κ1) is 12.1. The van der Waals surface area contributed by atoms with E-state index in [2.05, 4.69) is 14.9 Å². The van der Waals surface area contributed by atoms with Gasteiger partial charge >= 0.3 is 0 Å². The summed E-state index contributed by atoms with van der Waals surface area (Å²) in [6, 6.07) is 0. The number of fused-ring (bicyclic) bond motifs is 1. The quantitative estimate of drug-likeness (QED) is 0.800. The molecule has 0 unspecified atom stereocenters. The van der Waals surface area contributed by atoms with Crippen LogP contribution in [0.3, 0.4) is 0 Å². The molecule has 0 aromatic carbocycles. The second kappa shape index (κ2) is 4.14. The minimum Gasteiger partial charge on any atom is -0.370 e. The number of primary amides is 1. The standard InChI is InChI=1S/C12H20N4O/c1-8-15-9-7-14-5-4-10(9)16(8)12(2,3)6-11(13)17/h14H,4-7H2,1-3H3,(H2,13,17). The van der Waals surface area contributed by atoms with E-state index in [0.717, 1.165) is 31.0 Å². The first-order valence-electron chi connectivity index (χ1n) is 5.98. The van der Waals surface area contributed by atoms with Crippen molar-refractivity contribution in [1.82, 2.24) is 14.9 Å². The average molecular weight is 236 g/mol. The molecule has 0 bridgehead atoms. The molecule has 2 rings (SSSR count). The number of aryl methyl sites for hydroxylation is 1. The number of hydrogen-bond acceptors (Lipinski definition) is 3. The number of amides is 1. The lowest BCUT2D eigenvalue weighted by Crippen LogP contribution is -2.36. The molecule has 0 spiro atoms. The molecule has 94 valence electrons. The molecule has 1 amide bonds. The summed E-state index contributed by atoms with van der Waals surface area (Å²) in [6.07, 6.45) is 1.29. The lowest BCUT2D eigenvalue weighted by molar-refractivity contribution is -0.119. The Morgan fingerprint density at radius 2 is 2.29 bits per heavy atom. The maximum atomic E-state index is 11.2. The van der Waals surface area contributed by atoms with E-state index < -0.39 is 0 Å². The van der Waals surface area contributed by atoms with Crippen LogP contribution in [-0.2, 0) is 23.3 Å². The molecule has 5 heteroatoms. The highest BCUT2D eigenvalue weighted by atomic mass is 16.1. The first-order valence-corrected chi connectivity index (χ1v) is 5.98. The van der Waals surface area contributed by atoms with Gasteiger partial charge in [-0.25, -0.2) is 4.98 Å². The minimum absolute atomic E-state index is 0.272. The third kappa shape index (κ3) is 2.20. The maximum Gasteiger partial charge on any atom is 0.219 e. The zero-order valence-electron chi connectivity index (χ0n) is 10.7. The van der Waals surface area contributed by atoms with Crippen molar-refractivity contribution in [2.45, 2.75) is 45.7 Å². The summed E-state index contributed by atoms with van der Waals surface area (Å²) in [5.74, 6) is 0.690. The molecule has 0 saturated carbocycles. The highest BCUT2D eigenvalue weighted by Crippen LogP contribution is 2.27. The molecule has 2 heterocycles. The monoisotopic (exact) mass is 236 g/mol. The first-order chi connectivity index (χ1) is 7.92. The van der Waals surface area contributed by atoms with Crippen LogP contribution < -0.4 is 11.1 Å². The van der Waals surface area contributed by atoms with Crippen molar-refractivity contribution < 1.29 is 4.79 Å². The summed E-state index contributed by atoms with van der Waals surface area (Å²) in [6.45, 7) is 7.84. The second-order valence-electron chi connectivity index (χ2n) is 5.27. The van der Waals surface area contributed by atoms with E-state index in [-0.39, 0.29) is 11.4 Å². The maximum absolute atomic E-state index is 11.2. The Morgan fingerprint density at radius 1 is 1.59 bits per heavy atom. The minimum atomic E-state index is -0.298. The lowest BCUT2D eigenvalue weighted by Gasteiger charge is -2.30. The van der Waals surface area contributed by atoms with Crippen molar-refractivity contribution in [2.75, 3.05) is 6.54 Å². The van der Waals surface area contributed by atoms with Gasteiger partial charge in [0.25, 0.3) is 0 Å². The van der Waals surface area contributed by atoms with E-state index >= 15 is 0 Å². The second-order valence-corrected chi connectivity index (χ2v) is 5.27. The van der Waals surface area contributed by atoms with Crippen molar-refractivity contribution in [3.63, 3.8) is 0 Å². The number of rotatable bonds is 3. The van der Waals surface area contributed by atoms with E-state index in [1.807, 2.05) is 20.8 Å². The van der Waals surface area contributed by atoms with E-state index in [4.69, 9.17) is 5.73 Å². The van der Waals surface area contributed by atoms with E-state index in [1.54, 1.807) is 0 Å². The molecule has 3 N–H and O–H groups in total. The van der Waals surface area contributed by atoms with Crippen LogP contribution in [0.2, 0.25) is 0 Å². The molecule has 0 aliphatic carbocycles. The van der Waals surface area contributed by atoms with Crippen LogP contribution in [0.25, 0.3) is 0 Å². The third-order valence-corrected chi connectivity index (χ3v) is 3.27. The number of nitrogens with one attached hydrogen (secondary N) is 1. The van der Waals surface area contributed by atoms with E-state index in [1.165, 1.54) is 5.69 Å². The van der Waals surface area contributed by atoms with Crippen molar-refractivity contribution in [1.29, 1.82) is 0 Å². The number of hydrogen-bond donors (Lipinski definition) is 2. The number of carbonyl (C=O) groups is 1. The molecule has 0 radical (unpaired) electrons. The molecule has 1 aromatic heterocycles. The van der Waals surface area contributed by atoms with Crippen molar-refractivity contribution >= 4 is 5.91 Å². The van der Waals surface area contributed by atoms with Crippen LogP contribution in [0.4, 0.5) is 0 Å². The topological polar surface area (TPSA) is 72.9 Å².